The molecule has 108 valence electrons. The Morgan fingerprint density at radius 1 is 1.32 bits per heavy atom. The quantitative estimate of drug-likeness (QED) is 0.775. The summed E-state index contributed by atoms with van der Waals surface area (Å²) in [5, 5.41) is 3.19. The fraction of sp³-hybridized carbons (Fsp3) is 0.625. The number of hydrogen-bond donors (Lipinski definition) is 1. The van der Waals surface area contributed by atoms with Gasteiger partial charge in [0.1, 0.15) is 0 Å². The van der Waals surface area contributed by atoms with Crippen LogP contribution in [0.25, 0.3) is 0 Å². The number of nitrogens with one attached hydrogen (secondary N) is 1. The maximum absolute atomic E-state index is 3.70. The largest absolute Gasteiger partial charge is 0.316 e. The lowest BCUT2D eigenvalue weighted by atomic mass is 10.1. The third kappa shape index (κ3) is 5.64. The number of nitrogens with zero attached hydrogens (tertiary/aromatic N) is 1. The van der Waals surface area contributed by atoms with Gasteiger partial charge in [0, 0.05) is 24.1 Å². The second-order valence-corrected chi connectivity index (χ2v) is 6.15. The third-order valence-corrected chi connectivity index (χ3v) is 4.34. The van der Waals surface area contributed by atoms with Crippen LogP contribution in [0.5, 0.6) is 0 Å². The molecule has 0 spiro atoms. The molecule has 0 fully saturated rings. The van der Waals surface area contributed by atoms with Crippen LogP contribution in [-0.2, 0) is 13.1 Å². The zero-order valence-electron chi connectivity index (χ0n) is 12.7. The van der Waals surface area contributed by atoms with Gasteiger partial charge in [-0.25, -0.2) is 0 Å². The van der Waals surface area contributed by atoms with Crippen molar-refractivity contribution in [3.63, 3.8) is 0 Å². The summed E-state index contributed by atoms with van der Waals surface area (Å²) < 4.78 is 1.22. The first-order valence-corrected chi connectivity index (χ1v) is 8.04. The predicted molar refractivity (Wildman–Crippen MR) is 87.3 cm³/mol. The van der Waals surface area contributed by atoms with Gasteiger partial charge in [0.25, 0.3) is 0 Å². The SMILES string of the molecule is CCC(C)CN(CC)Cc1ccc(CNC)cc1Br. The lowest BCUT2D eigenvalue weighted by Gasteiger charge is -2.24. The number of hydrogen-bond acceptors (Lipinski definition) is 2. The first kappa shape index (κ1) is 16.7. The lowest BCUT2D eigenvalue weighted by molar-refractivity contribution is 0.237. The molecule has 1 unspecified atom stereocenters. The van der Waals surface area contributed by atoms with E-state index >= 15 is 0 Å². The second-order valence-electron chi connectivity index (χ2n) is 5.30. The molecule has 1 N–H and O–H groups in total. The standard InChI is InChI=1S/C16H27BrN2/c1-5-13(3)11-19(6-2)12-15-8-7-14(10-18-4)9-16(15)17/h7-9,13,18H,5-6,10-12H2,1-4H3. The average Bonchev–Trinajstić information content (AvgIpc) is 2.40. The van der Waals surface area contributed by atoms with Crippen molar-refractivity contribution >= 4 is 15.9 Å². The number of benzene rings is 1. The minimum Gasteiger partial charge on any atom is -0.316 e. The van der Waals surface area contributed by atoms with Gasteiger partial charge in [0.15, 0.2) is 0 Å². The van der Waals surface area contributed by atoms with Crippen molar-refractivity contribution in [2.75, 3.05) is 20.1 Å². The summed E-state index contributed by atoms with van der Waals surface area (Å²) in [7, 11) is 1.98. The molecular weight excluding hydrogens is 300 g/mol. The highest BCUT2D eigenvalue weighted by molar-refractivity contribution is 9.10. The van der Waals surface area contributed by atoms with Crippen LogP contribution in [0, 0.1) is 5.92 Å². The van der Waals surface area contributed by atoms with Gasteiger partial charge in [-0.1, -0.05) is 55.3 Å². The fourth-order valence-electron chi connectivity index (χ4n) is 2.15. The molecule has 1 atom stereocenters. The van der Waals surface area contributed by atoms with E-state index in [0.29, 0.717) is 0 Å². The molecule has 0 amide bonds. The molecule has 0 aliphatic carbocycles. The molecule has 0 radical (unpaired) electrons. The van der Waals surface area contributed by atoms with Crippen LogP contribution in [0.2, 0.25) is 0 Å². The van der Waals surface area contributed by atoms with E-state index < -0.39 is 0 Å². The van der Waals surface area contributed by atoms with Gasteiger partial charge >= 0.3 is 0 Å². The molecule has 3 heteroatoms. The van der Waals surface area contributed by atoms with Crippen molar-refractivity contribution < 1.29 is 0 Å². The molecule has 0 aliphatic rings. The van der Waals surface area contributed by atoms with E-state index in [4.69, 9.17) is 0 Å². The molecule has 0 heterocycles. The summed E-state index contributed by atoms with van der Waals surface area (Å²) in [6.45, 7) is 11.1. The summed E-state index contributed by atoms with van der Waals surface area (Å²) in [5.74, 6) is 0.766. The van der Waals surface area contributed by atoms with Crippen molar-refractivity contribution in [2.45, 2.75) is 40.3 Å². The zero-order chi connectivity index (χ0) is 14.3. The summed E-state index contributed by atoms with van der Waals surface area (Å²) in [5.41, 5.74) is 2.70. The highest BCUT2D eigenvalue weighted by Crippen LogP contribution is 2.21. The van der Waals surface area contributed by atoms with Crippen LogP contribution >= 0.6 is 15.9 Å². The van der Waals surface area contributed by atoms with Crippen molar-refractivity contribution in [1.82, 2.24) is 10.2 Å². The summed E-state index contributed by atoms with van der Waals surface area (Å²) in [6.07, 6.45) is 1.25. The van der Waals surface area contributed by atoms with E-state index in [0.717, 1.165) is 25.6 Å². The van der Waals surface area contributed by atoms with Crippen molar-refractivity contribution in [3.8, 4) is 0 Å². The Kier molecular flexibility index (Phi) is 7.66. The molecule has 0 aromatic heterocycles. The van der Waals surface area contributed by atoms with E-state index in [1.807, 2.05) is 7.05 Å². The van der Waals surface area contributed by atoms with Crippen LogP contribution < -0.4 is 5.32 Å². The highest BCUT2D eigenvalue weighted by atomic mass is 79.9. The molecule has 0 saturated carbocycles. The smallest absolute Gasteiger partial charge is 0.0244 e. The first-order chi connectivity index (χ1) is 9.10. The normalized spacial score (nSPS) is 12.9. The average molecular weight is 327 g/mol. The van der Waals surface area contributed by atoms with Gasteiger partial charge in [-0.05, 0) is 36.7 Å². The van der Waals surface area contributed by atoms with Crippen molar-refractivity contribution in [2.24, 2.45) is 5.92 Å². The van der Waals surface area contributed by atoms with Gasteiger partial charge in [-0.2, -0.15) is 0 Å². The van der Waals surface area contributed by atoms with Crippen molar-refractivity contribution in [3.05, 3.63) is 33.8 Å². The Hall–Kier alpha value is -0.380. The zero-order valence-corrected chi connectivity index (χ0v) is 14.3. The first-order valence-electron chi connectivity index (χ1n) is 7.24. The van der Waals surface area contributed by atoms with Crippen LogP contribution in [0.4, 0.5) is 0 Å². The van der Waals surface area contributed by atoms with Crippen molar-refractivity contribution in [1.29, 1.82) is 0 Å². The molecule has 19 heavy (non-hydrogen) atoms. The summed E-state index contributed by atoms with van der Waals surface area (Å²) in [6, 6.07) is 6.69. The van der Waals surface area contributed by atoms with Gasteiger partial charge in [0.2, 0.25) is 0 Å². The van der Waals surface area contributed by atoms with E-state index in [-0.39, 0.29) is 0 Å². The minimum atomic E-state index is 0.766. The number of halogens is 1. The molecule has 1 rings (SSSR count). The molecule has 0 bridgehead atoms. The topological polar surface area (TPSA) is 15.3 Å². The maximum atomic E-state index is 3.70. The van der Waals surface area contributed by atoms with Gasteiger partial charge in [0.05, 0.1) is 0 Å². The van der Waals surface area contributed by atoms with E-state index in [1.165, 1.54) is 28.6 Å². The van der Waals surface area contributed by atoms with Crippen LogP contribution in [0.1, 0.15) is 38.3 Å². The molecular formula is C16H27BrN2. The van der Waals surface area contributed by atoms with Crippen LogP contribution in [0.15, 0.2) is 22.7 Å². The molecule has 0 saturated heterocycles. The maximum Gasteiger partial charge on any atom is 0.0244 e. The van der Waals surface area contributed by atoms with E-state index in [9.17, 15) is 0 Å². The van der Waals surface area contributed by atoms with Gasteiger partial charge < -0.3 is 5.32 Å². The monoisotopic (exact) mass is 326 g/mol. The summed E-state index contributed by atoms with van der Waals surface area (Å²) in [4.78, 5) is 2.52. The minimum absolute atomic E-state index is 0.766. The van der Waals surface area contributed by atoms with Crippen LogP contribution in [0.3, 0.4) is 0 Å². The molecule has 1 aromatic carbocycles. The Bertz CT molecular complexity index is 379. The number of rotatable bonds is 8. The molecule has 2 nitrogen and oxygen atoms in total. The third-order valence-electron chi connectivity index (χ3n) is 3.61. The Balaban J connectivity index is 2.69. The Morgan fingerprint density at radius 2 is 2.05 bits per heavy atom. The Labute approximate surface area is 126 Å². The Morgan fingerprint density at radius 3 is 2.58 bits per heavy atom. The van der Waals surface area contributed by atoms with Gasteiger partial charge in [-0.3, -0.25) is 4.90 Å². The van der Waals surface area contributed by atoms with E-state index in [2.05, 4.69) is 65.1 Å². The van der Waals surface area contributed by atoms with E-state index in [1.54, 1.807) is 0 Å². The second kappa shape index (κ2) is 8.72. The fourth-order valence-corrected chi connectivity index (χ4v) is 2.70. The molecule has 0 aliphatic heterocycles. The van der Waals surface area contributed by atoms with Crippen LogP contribution in [-0.4, -0.2) is 25.0 Å². The summed E-state index contributed by atoms with van der Waals surface area (Å²) >= 11 is 3.70. The highest BCUT2D eigenvalue weighted by Gasteiger charge is 2.10. The lowest BCUT2D eigenvalue weighted by Crippen LogP contribution is -2.28. The predicted octanol–water partition coefficient (Wildman–Crippen LogP) is 4.04. The molecule has 1 aromatic rings. The van der Waals surface area contributed by atoms with Gasteiger partial charge in [-0.15, -0.1) is 0 Å².